The molecule has 2 aliphatic rings. The van der Waals surface area contributed by atoms with E-state index in [9.17, 15) is 9.59 Å². The lowest BCUT2D eigenvalue weighted by atomic mass is 9.95. The highest BCUT2D eigenvalue weighted by molar-refractivity contribution is 5.81. The van der Waals surface area contributed by atoms with Crippen LogP contribution < -0.4 is 5.32 Å². The van der Waals surface area contributed by atoms with Gasteiger partial charge in [0.05, 0.1) is 18.6 Å². The molecule has 150 valence electrons. The zero-order valence-electron chi connectivity index (χ0n) is 16.8. The first-order valence-corrected chi connectivity index (χ1v) is 10.4. The summed E-state index contributed by atoms with van der Waals surface area (Å²) in [4.78, 5) is 29.0. The lowest BCUT2D eigenvalue weighted by molar-refractivity contribution is -0.136. The van der Waals surface area contributed by atoms with E-state index in [-0.39, 0.29) is 29.9 Å². The molecule has 0 aliphatic carbocycles. The van der Waals surface area contributed by atoms with Crippen molar-refractivity contribution in [2.75, 3.05) is 39.3 Å². The maximum absolute atomic E-state index is 12.6. The molecule has 6 heteroatoms. The van der Waals surface area contributed by atoms with Crippen LogP contribution in [0, 0.1) is 5.92 Å². The predicted molar refractivity (Wildman–Crippen MR) is 103 cm³/mol. The van der Waals surface area contributed by atoms with Gasteiger partial charge in [-0.3, -0.25) is 9.59 Å². The van der Waals surface area contributed by atoms with E-state index in [0.29, 0.717) is 13.0 Å². The van der Waals surface area contributed by atoms with Gasteiger partial charge in [0.25, 0.3) is 0 Å². The third-order valence-corrected chi connectivity index (χ3v) is 5.40. The smallest absolute Gasteiger partial charge is 0.225 e. The minimum atomic E-state index is -0.0398. The number of nitrogens with zero attached hydrogens (tertiary/aromatic N) is 2. The molecule has 0 unspecified atom stereocenters. The van der Waals surface area contributed by atoms with E-state index in [0.717, 1.165) is 64.9 Å². The van der Waals surface area contributed by atoms with Crippen molar-refractivity contribution in [3.63, 3.8) is 0 Å². The monoisotopic (exact) mass is 367 g/mol. The average molecular weight is 368 g/mol. The lowest BCUT2D eigenvalue weighted by Gasteiger charge is -2.35. The molecule has 26 heavy (non-hydrogen) atoms. The van der Waals surface area contributed by atoms with E-state index < -0.39 is 0 Å². The zero-order valence-corrected chi connectivity index (χ0v) is 16.8. The number of carbonyl (C=O) groups is 2. The highest BCUT2D eigenvalue weighted by Gasteiger charge is 2.30. The molecule has 2 saturated heterocycles. The molecule has 0 aromatic carbocycles. The number of hydrogen-bond acceptors (Lipinski definition) is 4. The largest absolute Gasteiger partial charge is 0.377 e. The Kier molecular flexibility index (Phi) is 8.85. The maximum Gasteiger partial charge on any atom is 0.225 e. The molecule has 6 nitrogen and oxygen atoms in total. The fourth-order valence-corrected chi connectivity index (χ4v) is 3.83. The van der Waals surface area contributed by atoms with Crippen molar-refractivity contribution in [1.29, 1.82) is 0 Å². The van der Waals surface area contributed by atoms with Crippen LogP contribution in [0.1, 0.15) is 59.3 Å². The Morgan fingerprint density at radius 2 is 1.88 bits per heavy atom. The second-order valence-electron chi connectivity index (χ2n) is 7.97. The standard InChI is InChI=1S/C20H37N3O3/c1-4-6-19(24)23-10-5-7-17(15-23)20(25)21-18-8-11-22(12-9-18)13-14-26-16(2)3/h16-18H,4-15H2,1-3H3,(H,21,25)/t17-/m1/s1. The summed E-state index contributed by atoms with van der Waals surface area (Å²) >= 11 is 0. The minimum absolute atomic E-state index is 0.0398. The molecule has 2 fully saturated rings. The number of rotatable bonds is 8. The topological polar surface area (TPSA) is 61.9 Å². The van der Waals surface area contributed by atoms with Crippen LogP contribution in [-0.4, -0.2) is 73.1 Å². The van der Waals surface area contributed by atoms with Gasteiger partial charge in [-0.25, -0.2) is 0 Å². The third kappa shape index (κ3) is 6.88. The number of hydrogen-bond donors (Lipinski definition) is 1. The molecule has 1 atom stereocenters. The molecule has 0 saturated carbocycles. The maximum atomic E-state index is 12.6. The fraction of sp³-hybridized carbons (Fsp3) is 0.900. The Labute approximate surface area is 158 Å². The van der Waals surface area contributed by atoms with Gasteiger partial charge >= 0.3 is 0 Å². The van der Waals surface area contributed by atoms with E-state index in [1.165, 1.54) is 0 Å². The predicted octanol–water partition coefficient (Wildman–Crippen LogP) is 2.03. The number of ether oxygens (including phenoxy) is 1. The summed E-state index contributed by atoms with van der Waals surface area (Å²) in [7, 11) is 0. The van der Waals surface area contributed by atoms with E-state index in [1.807, 2.05) is 11.8 Å². The van der Waals surface area contributed by atoms with Gasteiger partial charge in [0.2, 0.25) is 11.8 Å². The fourth-order valence-electron chi connectivity index (χ4n) is 3.83. The summed E-state index contributed by atoms with van der Waals surface area (Å²) in [6.07, 6.45) is 5.57. The van der Waals surface area contributed by atoms with E-state index in [1.54, 1.807) is 0 Å². The van der Waals surface area contributed by atoms with Gasteiger partial charge in [-0.1, -0.05) is 6.92 Å². The van der Waals surface area contributed by atoms with Crippen LogP contribution in [0.2, 0.25) is 0 Å². The van der Waals surface area contributed by atoms with E-state index >= 15 is 0 Å². The molecular weight excluding hydrogens is 330 g/mol. The minimum Gasteiger partial charge on any atom is -0.377 e. The summed E-state index contributed by atoms with van der Waals surface area (Å²) < 4.78 is 5.62. The summed E-state index contributed by atoms with van der Waals surface area (Å²) in [6, 6.07) is 0.270. The zero-order chi connectivity index (χ0) is 18.9. The first kappa shape index (κ1) is 21.2. The third-order valence-electron chi connectivity index (χ3n) is 5.40. The van der Waals surface area contributed by atoms with Gasteiger partial charge in [0, 0.05) is 45.2 Å². The summed E-state index contributed by atoms with van der Waals surface area (Å²) in [6.45, 7) is 11.3. The van der Waals surface area contributed by atoms with Crippen molar-refractivity contribution in [3.8, 4) is 0 Å². The normalized spacial score (nSPS) is 22.6. The van der Waals surface area contributed by atoms with Gasteiger partial charge < -0.3 is 19.9 Å². The summed E-state index contributed by atoms with van der Waals surface area (Å²) in [5.41, 5.74) is 0. The van der Waals surface area contributed by atoms with Crippen molar-refractivity contribution in [3.05, 3.63) is 0 Å². The molecule has 2 amide bonds. The molecule has 2 heterocycles. The molecule has 0 aromatic heterocycles. The molecule has 0 spiro atoms. The van der Waals surface area contributed by atoms with Gasteiger partial charge in [-0.15, -0.1) is 0 Å². The second kappa shape index (κ2) is 10.9. The molecule has 2 rings (SSSR count). The Bertz CT molecular complexity index is 448. The first-order chi connectivity index (χ1) is 12.5. The van der Waals surface area contributed by atoms with Gasteiger partial charge in [-0.2, -0.15) is 0 Å². The Balaban J connectivity index is 1.69. The number of nitrogens with one attached hydrogen (secondary N) is 1. The van der Waals surface area contributed by atoms with Crippen LogP contribution >= 0.6 is 0 Å². The van der Waals surface area contributed by atoms with Crippen molar-refractivity contribution in [1.82, 2.24) is 15.1 Å². The molecule has 0 radical (unpaired) electrons. The first-order valence-electron chi connectivity index (χ1n) is 10.4. The van der Waals surface area contributed by atoms with Crippen molar-refractivity contribution >= 4 is 11.8 Å². The van der Waals surface area contributed by atoms with Gasteiger partial charge in [-0.05, 0) is 46.0 Å². The van der Waals surface area contributed by atoms with Crippen molar-refractivity contribution in [2.24, 2.45) is 5.92 Å². The molecular formula is C20H37N3O3. The Morgan fingerprint density at radius 1 is 1.15 bits per heavy atom. The van der Waals surface area contributed by atoms with Crippen LogP contribution in [0.25, 0.3) is 0 Å². The second-order valence-corrected chi connectivity index (χ2v) is 7.97. The average Bonchev–Trinajstić information content (AvgIpc) is 2.63. The van der Waals surface area contributed by atoms with Crippen LogP contribution in [0.3, 0.4) is 0 Å². The van der Waals surface area contributed by atoms with E-state index in [2.05, 4.69) is 24.1 Å². The highest BCUT2D eigenvalue weighted by Crippen LogP contribution is 2.19. The summed E-state index contributed by atoms with van der Waals surface area (Å²) in [5.74, 6) is 0.296. The van der Waals surface area contributed by atoms with Gasteiger partial charge in [0.15, 0.2) is 0 Å². The van der Waals surface area contributed by atoms with Crippen molar-refractivity contribution in [2.45, 2.75) is 71.4 Å². The quantitative estimate of drug-likeness (QED) is 0.713. The molecule has 0 bridgehead atoms. The van der Waals surface area contributed by atoms with Crippen LogP contribution in [0.4, 0.5) is 0 Å². The summed E-state index contributed by atoms with van der Waals surface area (Å²) in [5, 5.41) is 3.24. The number of likely N-dealkylation sites (tertiary alicyclic amines) is 2. The highest BCUT2D eigenvalue weighted by atomic mass is 16.5. The molecule has 1 N–H and O–H groups in total. The van der Waals surface area contributed by atoms with Crippen LogP contribution in [0.5, 0.6) is 0 Å². The van der Waals surface area contributed by atoms with Crippen molar-refractivity contribution < 1.29 is 14.3 Å². The number of piperidine rings is 2. The number of amides is 2. The Morgan fingerprint density at radius 3 is 2.54 bits per heavy atom. The SMILES string of the molecule is CCCC(=O)N1CCC[C@@H](C(=O)NC2CCN(CCOC(C)C)CC2)C1. The molecule has 2 aliphatic heterocycles. The van der Waals surface area contributed by atoms with Crippen LogP contribution in [-0.2, 0) is 14.3 Å². The van der Waals surface area contributed by atoms with Crippen LogP contribution in [0.15, 0.2) is 0 Å². The van der Waals surface area contributed by atoms with E-state index in [4.69, 9.17) is 4.74 Å². The van der Waals surface area contributed by atoms with Gasteiger partial charge in [0.1, 0.15) is 0 Å². The Hall–Kier alpha value is -1.14. The molecule has 0 aromatic rings. The number of carbonyl (C=O) groups excluding carboxylic acids is 2. The lowest BCUT2D eigenvalue weighted by Crippen LogP contribution is -2.50.